The lowest BCUT2D eigenvalue weighted by atomic mass is 10.2. The number of aliphatic hydroxyl groups excluding tert-OH is 1. The van der Waals surface area contributed by atoms with Crippen LogP contribution in [0.5, 0.6) is 0 Å². The van der Waals surface area contributed by atoms with Gasteiger partial charge in [0.1, 0.15) is 0 Å². The lowest BCUT2D eigenvalue weighted by Gasteiger charge is -2.14. The topological polar surface area (TPSA) is 62.2 Å². The van der Waals surface area contributed by atoms with E-state index in [0.717, 1.165) is 0 Å². The Morgan fingerprint density at radius 1 is 1.44 bits per heavy atom. The fourth-order valence-corrected chi connectivity index (χ4v) is 1.20. The van der Waals surface area contributed by atoms with Crippen LogP contribution in [0.25, 0.3) is 0 Å². The van der Waals surface area contributed by atoms with Gasteiger partial charge in [0.15, 0.2) is 6.10 Å². The van der Waals surface area contributed by atoms with E-state index in [-0.39, 0.29) is 6.42 Å². The molecule has 0 aliphatic rings. The molecule has 4 nitrogen and oxygen atoms in total. The molecule has 0 saturated carbocycles. The zero-order chi connectivity index (χ0) is 13.6. The maximum absolute atomic E-state index is 11.9. The first kappa shape index (κ1) is 14.4. The van der Waals surface area contributed by atoms with Crippen LogP contribution in [-0.2, 0) is 11.2 Å². The second kappa shape index (κ2) is 6.34. The summed E-state index contributed by atoms with van der Waals surface area (Å²) in [6.07, 6.45) is -5.30. The predicted octanol–water partition coefficient (Wildman–Crippen LogP) is 1.05. The summed E-state index contributed by atoms with van der Waals surface area (Å²) in [5.74, 6) is -0.552. The monoisotopic (exact) mass is 262 g/mol. The van der Waals surface area contributed by atoms with Gasteiger partial charge in [-0.1, -0.05) is 6.07 Å². The first-order chi connectivity index (χ1) is 8.39. The molecule has 0 bridgehead atoms. The highest BCUT2D eigenvalue weighted by molar-refractivity contribution is 5.76. The summed E-state index contributed by atoms with van der Waals surface area (Å²) in [5.41, 5.74) is 0.684. The van der Waals surface area contributed by atoms with Crippen LogP contribution < -0.4 is 5.32 Å². The summed E-state index contributed by atoms with van der Waals surface area (Å²) in [5, 5.41) is 10.7. The third kappa shape index (κ3) is 5.13. The molecule has 1 aromatic heterocycles. The Balaban J connectivity index is 2.27. The number of alkyl halides is 3. The molecule has 0 spiro atoms. The molecule has 2 N–H and O–H groups in total. The molecular formula is C11H13F3N2O2. The molecule has 0 radical (unpaired) electrons. The van der Waals surface area contributed by atoms with Crippen LogP contribution in [0.3, 0.4) is 0 Å². The van der Waals surface area contributed by atoms with Crippen molar-refractivity contribution in [2.45, 2.75) is 25.1 Å². The summed E-state index contributed by atoms with van der Waals surface area (Å²) < 4.78 is 35.8. The van der Waals surface area contributed by atoms with Gasteiger partial charge in [-0.2, -0.15) is 13.2 Å². The Morgan fingerprint density at radius 2 is 2.17 bits per heavy atom. The van der Waals surface area contributed by atoms with Gasteiger partial charge in [0, 0.05) is 18.3 Å². The predicted molar refractivity (Wildman–Crippen MR) is 57.6 cm³/mol. The Labute approximate surface area is 102 Å². The van der Waals surface area contributed by atoms with Crippen LogP contribution in [-0.4, -0.2) is 34.8 Å². The van der Waals surface area contributed by atoms with Crippen LogP contribution >= 0.6 is 0 Å². The molecule has 18 heavy (non-hydrogen) atoms. The highest BCUT2D eigenvalue weighted by Gasteiger charge is 2.38. The standard InChI is InChI=1S/C11H13F3N2O2/c12-11(13,14)9(17)7-16-10(18)5-4-8-3-1-2-6-15-8/h1-3,6,9,17H,4-5,7H2,(H,16,18). The minimum absolute atomic E-state index is 0.0294. The molecule has 1 heterocycles. The molecule has 1 rings (SSSR count). The van der Waals surface area contributed by atoms with Crippen molar-refractivity contribution >= 4 is 5.91 Å². The molecule has 1 amide bonds. The van der Waals surface area contributed by atoms with E-state index in [1.165, 1.54) is 0 Å². The number of carbonyl (C=O) groups is 1. The highest BCUT2D eigenvalue weighted by atomic mass is 19.4. The maximum Gasteiger partial charge on any atom is 0.416 e. The van der Waals surface area contributed by atoms with Crippen molar-refractivity contribution in [2.24, 2.45) is 0 Å². The van der Waals surface area contributed by atoms with Crippen molar-refractivity contribution in [3.8, 4) is 0 Å². The minimum Gasteiger partial charge on any atom is -0.382 e. The van der Waals surface area contributed by atoms with Gasteiger partial charge in [-0.05, 0) is 18.6 Å². The molecule has 1 aromatic rings. The molecule has 0 fully saturated rings. The van der Waals surface area contributed by atoms with Crippen LogP contribution in [0.15, 0.2) is 24.4 Å². The lowest BCUT2D eigenvalue weighted by molar-refractivity contribution is -0.201. The van der Waals surface area contributed by atoms with Gasteiger partial charge in [-0.3, -0.25) is 9.78 Å². The van der Waals surface area contributed by atoms with Crippen molar-refractivity contribution < 1.29 is 23.1 Å². The fraction of sp³-hybridized carbons (Fsp3) is 0.455. The van der Waals surface area contributed by atoms with Gasteiger partial charge in [-0.15, -0.1) is 0 Å². The fourth-order valence-electron chi connectivity index (χ4n) is 1.20. The molecular weight excluding hydrogens is 249 g/mol. The van der Waals surface area contributed by atoms with E-state index in [2.05, 4.69) is 4.98 Å². The second-order valence-corrected chi connectivity index (χ2v) is 3.68. The maximum atomic E-state index is 11.9. The van der Waals surface area contributed by atoms with Gasteiger partial charge < -0.3 is 10.4 Å². The van der Waals surface area contributed by atoms with Crippen molar-refractivity contribution in [3.63, 3.8) is 0 Å². The molecule has 1 unspecified atom stereocenters. The SMILES string of the molecule is O=C(CCc1ccccn1)NCC(O)C(F)(F)F. The Kier molecular flexibility index (Phi) is 5.08. The number of aryl methyl sites for hydroxylation is 1. The van der Waals surface area contributed by atoms with Gasteiger partial charge in [0.2, 0.25) is 5.91 Å². The molecule has 7 heteroatoms. The number of aliphatic hydroxyl groups is 1. The Hall–Kier alpha value is -1.63. The van der Waals surface area contributed by atoms with E-state index in [1.807, 2.05) is 5.32 Å². The number of nitrogens with one attached hydrogen (secondary N) is 1. The van der Waals surface area contributed by atoms with Gasteiger partial charge in [0.25, 0.3) is 0 Å². The summed E-state index contributed by atoms with van der Waals surface area (Å²) in [6, 6.07) is 5.20. The Morgan fingerprint density at radius 3 is 2.72 bits per heavy atom. The number of pyridine rings is 1. The first-order valence-electron chi connectivity index (χ1n) is 5.31. The zero-order valence-corrected chi connectivity index (χ0v) is 9.44. The number of amides is 1. The first-order valence-corrected chi connectivity index (χ1v) is 5.31. The molecule has 100 valence electrons. The number of hydrogen-bond acceptors (Lipinski definition) is 3. The Bertz CT molecular complexity index is 382. The van der Waals surface area contributed by atoms with E-state index >= 15 is 0 Å². The van der Waals surface area contributed by atoms with E-state index in [1.54, 1.807) is 24.4 Å². The lowest BCUT2D eigenvalue weighted by Crippen LogP contribution is -2.40. The number of nitrogens with zero attached hydrogens (tertiary/aromatic N) is 1. The zero-order valence-electron chi connectivity index (χ0n) is 9.44. The third-order valence-corrected chi connectivity index (χ3v) is 2.20. The number of carbonyl (C=O) groups excluding carboxylic acids is 1. The van der Waals surface area contributed by atoms with Crippen LogP contribution in [0.2, 0.25) is 0 Å². The number of hydrogen-bond donors (Lipinski definition) is 2. The average Bonchev–Trinajstić information content (AvgIpc) is 2.33. The van der Waals surface area contributed by atoms with Gasteiger partial charge in [0.05, 0.1) is 6.54 Å². The van der Waals surface area contributed by atoms with Crippen molar-refractivity contribution in [1.82, 2.24) is 10.3 Å². The van der Waals surface area contributed by atoms with Crippen LogP contribution in [0.1, 0.15) is 12.1 Å². The van der Waals surface area contributed by atoms with Crippen molar-refractivity contribution in [1.29, 1.82) is 0 Å². The largest absolute Gasteiger partial charge is 0.416 e. The third-order valence-electron chi connectivity index (χ3n) is 2.20. The van der Waals surface area contributed by atoms with E-state index in [4.69, 9.17) is 5.11 Å². The molecule has 0 saturated heterocycles. The minimum atomic E-state index is -4.71. The molecule has 1 atom stereocenters. The summed E-state index contributed by atoms with van der Waals surface area (Å²) in [6.45, 7) is -0.829. The van der Waals surface area contributed by atoms with E-state index in [0.29, 0.717) is 12.1 Å². The normalized spacial score (nSPS) is 13.1. The quantitative estimate of drug-likeness (QED) is 0.834. The van der Waals surface area contributed by atoms with Crippen LogP contribution in [0, 0.1) is 0 Å². The van der Waals surface area contributed by atoms with Gasteiger partial charge >= 0.3 is 6.18 Å². The molecule has 0 aromatic carbocycles. The highest BCUT2D eigenvalue weighted by Crippen LogP contribution is 2.19. The summed E-state index contributed by atoms with van der Waals surface area (Å²) in [7, 11) is 0. The molecule has 0 aliphatic carbocycles. The average molecular weight is 262 g/mol. The van der Waals surface area contributed by atoms with Gasteiger partial charge in [-0.25, -0.2) is 0 Å². The molecule has 0 aliphatic heterocycles. The second-order valence-electron chi connectivity index (χ2n) is 3.68. The summed E-state index contributed by atoms with van der Waals surface area (Å²) in [4.78, 5) is 15.2. The summed E-state index contributed by atoms with van der Waals surface area (Å²) >= 11 is 0. The number of halogens is 3. The van der Waals surface area contributed by atoms with Crippen LogP contribution in [0.4, 0.5) is 13.2 Å². The van der Waals surface area contributed by atoms with Crippen molar-refractivity contribution in [2.75, 3.05) is 6.54 Å². The number of aromatic nitrogens is 1. The van der Waals surface area contributed by atoms with E-state index in [9.17, 15) is 18.0 Å². The van der Waals surface area contributed by atoms with Crippen molar-refractivity contribution in [3.05, 3.63) is 30.1 Å². The smallest absolute Gasteiger partial charge is 0.382 e. The van der Waals surface area contributed by atoms with E-state index < -0.39 is 24.7 Å². The number of rotatable bonds is 5.